The van der Waals surface area contributed by atoms with Crippen LogP contribution < -0.4 is 10.6 Å². The summed E-state index contributed by atoms with van der Waals surface area (Å²) in [7, 11) is 2.12. The van der Waals surface area contributed by atoms with Crippen molar-refractivity contribution >= 4 is 17.0 Å². The minimum atomic E-state index is 0.206. The van der Waals surface area contributed by atoms with E-state index in [-0.39, 0.29) is 6.04 Å². The van der Waals surface area contributed by atoms with Gasteiger partial charge in [-0.3, -0.25) is 0 Å². The highest BCUT2D eigenvalue weighted by molar-refractivity contribution is 7.09. The van der Waals surface area contributed by atoms with Gasteiger partial charge in [-0.15, -0.1) is 11.3 Å². The van der Waals surface area contributed by atoms with Crippen LogP contribution in [-0.2, 0) is 13.0 Å². The molecule has 0 aliphatic rings. The molecule has 0 radical (unpaired) electrons. The Balaban J connectivity index is 2.12. The average molecular weight is 289 g/mol. The topological polar surface area (TPSA) is 42.2 Å². The van der Waals surface area contributed by atoms with Crippen molar-refractivity contribution < 1.29 is 0 Å². The van der Waals surface area contributed by atoms with Gasteiger partial charge in [-0.05, 0) is 50.5 Å². The van der Waals surface area contributed by atoms with E-state index in [1.54, 1.807) is 11.3 Å². The molecule has 0 saturated heterocycles. The first-order chi connectivity index (χ1) is 9.47. The van der Waals surface area contributed by atoms with Gasteiger partial charge in [0.05, 0.1) is 17.7 Å². The molecule has 3 nitrogen and oxygen atoms in total. The largest absolute Gasteiger partial charge is 0.369 e. The summed E-state index contributed by atoms with van der Waals surface area (Å²) in [5.41, 5.74) is 12.8. The Hall–Kier alpha value is -1.39. The molecule has 0 bridgehead atoms. The van der Waals surface area contributed by atoms with Gasteiger partial charge in [0.2, 0.25) is 0 Å². The number of anilines is 1. The number of benzene rings is 1. The molecular formula is C16H23N3S. The van der Waals surface area contributed by atoms with E-state index in [1.165, 1.54) is 21.7 Å². The van der Waals surface area contributed by atoms with Crippen LogP contribution in [0, 0.1) is 13.8 Å². The molecule has 4 heteroatoms. The maximum Gasteiger partial charge on any atom is 0.0798 e. The first-order valence-corrected chi connectivity index (χ1v) is 7.80. The number of rotatable bonds is 5. The van der Waals surface area contributed by atoms with Gasteiger partial charge < -0.3 is 10.6 Å². The van der Waals surface area contributed by atoms with Crippen molar-refractivity contribution in [3.63, 3.8) is 0 Å². The molecule has 2 N–H and O–H groups in total. The lowest BCUT2D eigenvalue weighted by Crippen LogP contribution is -2.19. The molecule has 0 aliphatic carbocycles. The number of thiazole rings is 1. The fourth-order valence-electron chi connectivity index (χ4n) is 2.28. The highest BCUT2D eigenvalue weighted by Gasteiger charge is 2.09. The van der Waals surface area contributed by atoms with Crippen LogP contribution in [0.3, 0.4) is 0 Å². The number of aromatic nitrogens is 1. The van der Waals surface area contributed by atoms with Crippen LogP contribution in [0.2, 0.25) is 0 Å². The molecule has 0 aliphatic heterocycles. The molecule has 108 valence electrons. The predicted molar refractivity (Wildman–Crippen MR) is 87.5 cm³/mol. The molecule has 1 unspecified atom stereocenters. The van der Waals surface area contributed by atoms with Crippen molar-refractivity contribution in [3.8, 4) is 0 Å². The van der Waals surface area contributed by atoms with E-state index >= 15 is 0 Å². The highest BCUT2D eigenvalue weighted by atomic mass is 32.1. The van der Waals surface area contributed by atoms with Crippen molar-refractivity contribution in [1.82, 2.24) is 4.98 Å². The number of nitrogens with two attached hydrogens (primary N) is 1. The number of hydrogen-bond acceptors (Lipinski definition) is 4. The fourth-order valence-corrected chi connectivity index (χ4v) is 3.11. The lowest BCUT2D eigenvalue weighted by Gasteiger charge is -2.20. The van der Waals surface area contributed by atoms with E-state index in [0.29, 0.717) is 0 Å². The zero-order valence-corrected chi connectivity index (χ0v) is 13.5. The number of nitrogens with zero attached hydrogens (tertiary/aromatic N) is 2. The zero-order chi connectivity index (χ0) is 14.7. The minimum absolute atomic E-state index is 0.206. The van der Waals surface area contributed by atoms with Gasteiger partial charge in [-0.1, -0.05) is 6.07 Å². The van der Waals surface area contributed by atoms with E-state index in [9.17, 15) is 0 Å². The summed E-state index contributed by atoms with van der Waals surface area (Å²) in [6.07, 6.45) is 0.934. The summed E-state index contributed by atoms with van der Waals surface area (Å²) in [4.78, 5) is 7.90. The number of aryl methyl sites for hydroxylation is 2. The fraction of sp³-hybridized carbons (Fsp3) is 0.438. The van der Waals surface area contributed by atoms with Crippen LogP contribution >= 0.6 is 11.3 Å². The molecular weight excluding hydrogens is 266 g/mol. The second kappa shape index (κ2) is 6.37. The molecule has 0 fully saturated rings. The maximum atomic E-state index is 5.88. The molecule has 20 heavy (non-hydrogen) atoms. The van der Waals surface area contributed by atoms with Crippen molar-refractivity contribution in [2.45, 2.75) is 39.8 Å². The normalized spacial score (nSPS) is 12.4. The first-order valence-electron chi connectivity index (χ1n) is 6.92. The molecule has 0 amide bonds. The van der Waals surface area contributed by atoms with Gasteiger partial charge in [0.1, 0.15) is 0 Å². The van der Waals surface area contributed by atoms with Crippen LogP contribution in [0.1, 0.15) is 28.6 Å². The third-order valence-electron chi connectivity index (χ3n) is 3.53. The van der Waals surface area contributed by atoms with E-state index in [4.69, 9.17) is 5.73 Å². The van der Waals surface area contributed by atoms with Gasteiger partial charge in [0.15, 0.2) is 0 Å². The SMILES string of the molecule is Cc1cc(N(C)Cc2scnc2C)ccc1CC(C)N. The van der Waals surface area contributed by atoms with E-state index < -0.39 is 0 Å². The third-order valence-corrected chi connectivity index (χ3v) is 4.45. The van der Waals surface area contributed by atoms with Crippen molar-refractivity contribution in [2.24, 2.45) is 5.73 Å². The first kappa shape index (κ1) is 15.0. The Kier molecular flexibility index (Phi) is 4.78. The molecule has 1 aromatic carbocycles. The smallest absolute Gasteiger partial charge is 0.0798 e. The summed E-state index contributed by atoms with van der Waals surface area (Å²) < 4.78 is 0. The van der Waals surface area contributed by atoms with Crippen LogP contribution in [0.5, 0.6) is 0 Å². The van der Waals surface area contributed by atoms with Crippen molar-refractivity contribution in [3.05, 3.63) is 45.4 Å². The van der Waals surface area contributed by atoms with Crippen LogP contribution in [-0.4, -0.2) is 18.1 Å². The van der Waals surface area contributed by atoms with Crippen molar-refractivity contribution in [2.75, 3.05) is 11.9 Å². The average Bonchev–Trinajstić information content (AvgIpc) is 2.77. The molecule has 1 atom stereocenters. The standard InChI is InChI=1S/C16H23N3S/c1-11-7-15(6-5-14(11)8-12(2)17)19(4)9-16-13(3)18-10-20-16/h5-7,10,12H,8-9,17H2,1-4H3. The predicted octanol–water partition coefficient (Wildman–Crippen LogP) is 3.29. The third kappa shape index (κ3) is 3.58. The summed E-state index contributed by atoms with van der Waals surface area (Å²) in [6, 6.07) is 6.83. The van der Waals surface area contributed by atoms with Crippen LogP contribution in [0.25, 0.3) is 0 Å². The monoisotopic (exact) mass is 289 g/mol. The van der Waals surface area contributed by atoms with Crippen LogP contribution in [0.4, 0.5) is 5.69 Å². The van der Waals surface area contributed by atoms with Gasteiger partial charge in [-0.2, -0.15) is 0 Å². The molecule has 0 saturated carbocycles. The maximum absolute atomic E-state index is 5.88. The molecule has 1 aromatic heterocycles. The highest BCUT2D eigenvalue weighted by Crippen LogP contribution is 2.22. The summed E-state index contributed by atoms with van der Waals surface area (Å²) in [5.74, 6) is 0. The van der Waals surface area contributed by atoms with Crippen molar-refractivity contribution in [1.29, 1.82) is 0 Å². The molecule has 2 aromatic rings. The van der Waals surface area contributed by atoms with E-state index in [0.717, 1.165) is 18.7 Å². The quantitative estimate of drug-likeness (QED) is 0.918. The molecule has 0 spiro atoms. The van der Waals surface area contributed by atoms with Gasteiger partial charge >= 0.3 is 0 Å². The molecule has 2 rings (SSSR count). The zero-order valence-electron chi connectivity index (χ0n) is 12.7. The van der Waals surface area contributed by atoms with Gasteiger partial charge in [0.25, 0.3) is 0 Å². The van der Waals surface area contributed by atoms with Gasteiger partial charge in [0, 0.05) is 23.7 Å². The Morgan fingerprint density at radius 3 is 2.65 bits per heavy atom. The minimum Gasteiger partial charge on any atom is -0.369 e. The Morgan fingerprint density at radius 1 is 1.35 bits per heavy atom. The Labute approximate surface area is 125 Å². The summed E-state index contributed by atoms with van der Waals surface area (Å²) in [5, 5.41) is 0. The second-order valence-electron chi connectivity index (χ2n) is 5.51. The van der Waals surface area contributed by atoms with Crippen LogP contribution in [0.15, 0.2) is 23.7 Å². The summed E-state index contributed by atoms with van der Waals surface area (Å²) >= 11 is 1.72. The second-order valence-corrected chi connectivity index (χ2v) is 6.45. The molecule has 1 heterocycles. The lowest BCUT2D eigenvalue weighted by atomic mass is 10.0. The summed E-state index contributed by atoms with van der Waals surface area (Å²) in [6.45, 7) is 7.18. The van der Waals surface area contributed by atoms with E-state index in [1.807, 2.05) is 12.4 Å². The Morgan fingerprint density at radius 2 is 2.10 bits per heavy atom. The van der Waals surface area contributed by atoms with E-state index in [2.05, 4.69) is 49.0 Å². The number of hydrogen-bond donors (Lipinski definition) is 1. The lowest BCUT2D eigenvalue weighted by molar-refractivity contribution is 0.734. The van der Waals surface area contributed by atoms with Gasteiger partial charge in [-0.25, -0.2) is 4.98 Å². The Bertz CT molecular complexity index is 575.